The fourth-order valence-corrected chi connectivity index (χ4v) is 2.93. The number of hydrazone groups is 1. The van der Waals surface area contributed by atoms with Crippen molar-refractivity contribution in [3.63, 3.8) is 0 Å². The Balaban J connectivity index is 1.72. The highest BCUT2D eigenvalue weighted by atomic mass is 19.4. The molecule has 0 aromatic heterocycles. The second-order valence-electron chi connectivity index (χ2n) is 7.02. The van der Waals surface area contributed by atoms with Gasteiger partial charge in [0, 0.05) is 12.1 Å². The van der Waals surface area contributed by atoms with Crippen LogP contribution in [0.4, 0.5) is 29.3 Å². The molecule has 0 aliphatic carbocycles. The number of ether oxygens (including phenoxy) is 1. The van der Waals surface area contributed by atoms with Gasteiger partial charge in [0.2, 0.25) is 0 Å². The Hall–Kier alpha value is -4.32. The van der Waals surface area contributed by atoms with Crippen LogP contribution in [0, 0.1) is 13.5 Å². The number of alkyl halides is 3. The number of carbonyl (C=O) groups excluding carboxylic acids is 1. The van der Waals surface area contributed by atoms with Gasteiger partial charge in [0.15, 0.2) is 5.69 Å². The minimum absolute atomic E-state index is 0.268. The summed E-state index contributed by atoms with van der Waals surface area (Å²) >= 11 is 0. The molecule has 3 aromatic rings. The number of rotatable bonds is 6. The van der Waals surface area contributed by atoms with E-state index in [0.717, 1.165) is 28.8 Å². The molecule has 0 bridgehead atoms. The largest absolute Gasteiger partial charge is 0.573 e. The lowest BCUT2D eigenvalue weighted by molar-refractivity contribution is -0.274. The molecular weight excluding hydrogens is 433 g/mol. The lowest BCUT2D eigenvalue weighted by atomic mass is 10.0. The van der Waals surface area contributed by atoms with E-state index >= 15 is 0 Å². The second kappa shape index (κ2) is 10.3. The molecule has 3 aromatic carbocycles. The number of nitrogens with zero attached hydrogens (tertiary/aromatic N) is 2. The first kappa shape index (κ1) is 23.3. The number of hydrogen-bond donors (Lipinski definition) is 2. The highest BCUT2D eigenvalue weighted by Gasteiger charge is 2.30. The van der Waals surface area contributed by atoms with Crippen LogP contribution in [0.15, 0.2) is 77.9 Å². The Kier molecular flexibility index (Phi) is 7.31. The summed E-state index contributed by atoms with van der Waals surface area (Å²) in [4.78, 5) is 15.7. The zero-order chi connectivity index (χ0) is 23.8. The maximum absolute atomic E-state index is 12.3. The van der Waals surface area contributed by atoms with Crippen LogP contribution in [0.5, 0.6) is 5.75 Å². The Labute approximate surface area is 188 Å². The molecule has 6 nitrogen and oxygen atoms in total. The highest BCUT2D eigenvalue weighted by molar-refractivity contribution is 6.03. The van der Waals surface area contributed by atoms with Crippen molar-refractivity contribution >= 4 is 23.1 Å². The fourth-order valence-electron chi connectivity index (χ4n) is 2.93. The number of amides is 2. The van der Waals surface area contributed by atoms with Crippen molar-refractivity contribution in [1.29, 1.82) is 0 Å². The van der Waals surface area contributed by atoms with E-state index in [2.05, 4.69) is 25.4 Å². The molecule has 0 atom stereocenters. The summed E-state index contributed by atoms with van der Waals surface area (Å²) in [7, 11) is 0. The summed E-state index contributed by atoms with van der Waals surface area (Å²) in [5.74, 6) is -0.391. The van der Waals surface area contributed by atoms with Crippen LogP contribution < -0.4 is 15.5 Å². The number of nitrogens with one attached hydrogen (secondary N) is 2. The number of hydrogen-bond acceptors (Lipinski definition) is 3. The van der Waals surface area contributed by atoms with Gasteiger partial charge < -0.3 is 10.1 Å². The molecule has 0 spiro atoms. The van der Waals surface area contributed by atoms with E-state index < -0.39 is 18.1 Å². The predicted molar refractivity (Wildman–Crippen MR) is 119 cm³/mol. The third-order valence-electron chi connectivity index (χ3n) is 4.43. The summed E-state index contributed by atoms with van der Waals surface area (Å²) < 4.78 is 40.6. The van der Waals surface area contributed by atoms with Crippen LogP contribution in [-0.2, 0) is 6.42 Å². The van der Waals surface area contributed by atoms with Gasteiger partial charge in [0.05, 0.1) is 12.3 Å². The average Bonchev–Trinajstić information content (AvgIpc) is 2.77. The van der Waals surface area contributed by atoms with Crippen LogP contribution in [0.2, 0.25) is 0 Å². The first-order chi connectivity index (χ1) is 15.7. The zero-order valence-electron chi connectivity index (χ0n) is 17.5. The monoisotopic (exact) mass is 452 g/mol. The quantitative estimate of drug-likeness (QED) is 0.265. The summed E-state index contributed by atoms with van der Waals surface area (Å²) in [6.07, 6.45) is -4.38. The predicted octanol–water partition coefficient (Wildman–Crippen LogP) is 6.21. The van der Waals surface area contributed by atoms with Crippen molar-refractivity contribution in [2.75, 3.05) is 5.32 Å². The molecule has 0 unspecified atom stereocenters. The summed E-state index contributed by atoms with van der Waals surface area (Å²) in [6, 6.07) is 18.8. The van der Waals surface area contributed by atoms with Crippen LogP contribution >= 0.6 is 0 Å². The van der Waals surface area contributed by atoms with E-state index in [0.29, 0.717) is 17.8 Å². The second-order valence-corrected chi connectivity index (χ2v) is 7.02. The zero-order valence-corrected chi connectivity index (χ0v) is 17.5. The van der Waals surface area contributed by atoms with Crippen LogP contribution in [0.3, 0.4) is 0 Å². The number of carbonyl (C=O) groups is 1. The van der Waals surface area contributed by atoms with E-state index in [4.69, 9.17) is 6.57 Å². The molecule has 2 amide bonds. The third kappa shape index (κ3) is 7.40. The Bertz CT molecular complexity index is 1180. The summed E-state index contributed by atoms with van der Waals surface area (Å²) in [5, 5.41) is 6.76. The van der Waals surface area contributed by atoms with E-state index in [1.807, 2.05) is 43.3 Å². The van der Waals surface area contributed by atoms with Crippen molar-refractivity contribution in [3.05, 3.63) is 101 Å². The van der Waals surface area contributed by atoms with Gasteiger partial charge in [0.25, 0.3) is 0 Å². The Morgan fingerprint density at radius 3 is 2.36 bits per heavy atom. The first-order valence-electron chi connectivity index (χ1n) is 9.74. The standard InChI is InChI=1S/C24H19F3N4O2/c1-16-4-3-5-18(14-16)22(15-17-6-8-19(28-2)9-7-17)30-31-23(32)29-20-10-12-21(13-11-20)33-24(25,26)27/h3-14H,15H2,1H3,(H2,29,31,32)/b30-22+. The molecule has 168 valence electrons. The molecule has 0 heterocycles. The van der Waals surface area contributed by atoms with Gasteiger partial charge in [-0.2, -0.15) is 5.10 Å². The van der Waals surface area contributed by atoms with E-state index in [1.165, 1.54) is 12.1 Å². The van der Waals surface area contributed by atoms with Gasteiger partial charge in [-0.3, -0.25) is 0 Å². The number of halogens is 3. The summed E-state index contributed by atoms with van der Waals surface area (Å²) in [5.41, 5.74) is 6.56. The maximum atomic E-state index is 12.3. The van der Waals surface area contributed by atoms with Gasteiger partial charge in [-0.1, -0.05) is 54.1 Å². The van der Waals surface area contributed by atoms with E-state index in [1.54, 1.807) is 12.1 Å². The minimum Gasteiger partial charge on any atom is -0.406 e. The van der Waals surface area contributed by atoms with Crippen molar-refractivity contribution in [2.45, 2.75) is 19.7 Å². The number of aryl methyl sites for hydroxylation is 1. The normalized spacial score (nSPS) is 11.4. The molecule has 33 heavy (non-hydrogen) atoms. The molecule has 0 radical (unpaired) electrons. The van der Waals surface area contributed by atoms with Gasteiger partial charge in [-0.05, 0) is 42.3 Å². The van der Waals surface area contributed by atoms with E-state index in [9.17, 15) is 18.0 Å². The molecule has 9 heteroatoms. The molecule has 2 N–H and O–H groups in total. The van der Waals surface area contributed by atoms with E-state index in [-0.39, 0.29) is 5.69 Å². The SMILES string of the molecule is [C-]#[N+]c1ccc(C/C(=N\NC(=O)Nc2ccc(OC(F)(F)F)cc2)c2cccc(C)c2)cc1. The van der Waals surface area contributed by atoms with Gasteiger partial charge in [0.1, 0.15) is 5.75 Å². The molecule has 0 aliphatic rings. The van der Waals surface area contributed by atoms with Crippen molar-refractivity contribution in [3.8, 4) is 5.75 Å². The van der Waals surface area contributed by atoms with Crippen LogP contribution in [0.25, 0.3) is 4.85 Å². The highest BCUT2D eigenvalue weighted by Crippen LogP contribution is 2.24. The molecule has 0 saturated carbocycles. The smallest absolute Gasteiger partial charge is 0.406 e. The maximum Gasteiger partial charge on any atom is 0.573 e. The third-order valence-corrected chi connectivity index (χ3v) is 4.43. The van der Waals surface area contributed by atoms with Crippen molar-refractivity contribution in [2.24, 2.45) is 5.10 Å². The Morgan fingerprint density at radius 1 is 1.06 bits per heavy atom. The van der Waals surface area contributed by atoms with Crippen LogP contribution in [-0.4, -0.2) is 18.1 Å². The number of anilines is 1. The summed E-state index contributed by atoms with van der Waals surface area (Å²) in [6.45, 7) is 9.00. The number of benzene rings is 3. The van der Waals surface area contributed by atoms with Gasteiger partial charge in [-0.15, -0.1) is 13.2 Å². The van der Waals surface area contributed by atoms with Gasteiger partial charge >= 0.3 is 12.4 Å². The lowest BCUT2D eigenvalue weighted by Crippen LogP contribution is -2.26. The molecule has 0 fully saturated rings. The number of urea groups is 1. The average molecular weight is 452 g/mol. The van der Waals surface area contributed by atoms with Crippen molar-refractivity contribution < 1.29 is 22.7 Å². The fraction of sp³-hybridized carbons (Fsp3) is 0.125. The van der Waals surface area contributed by atoms with Crippen molar-refractivity contribution in [1.82, 2.24) is 5.43 Å². The first-order valence-corrected chi connectivity index (χ1v) is 9.74. The van der Waals surface area contributed by atoms with Crippen LogP contribution in [0.1, 0.15) is 16.7 Å². The molecular formula is C24H19F3N4O2. The topological polar surface area (TPSA) is 67.1 Å². The Morgan fingerprint density at radius 2 is 1.76 bits per heavy atom. The molecule has 0 saturated heterocycles. The molecule has 3 rings (SSSR count). The van der Waals surface area contributed by atoms with Gasteiger partial charge in [-0.25, -0.2) is 15.1 Å². The minimum atomic E-state index is -4.79. The molecule has 0 aliphatic heterocycles. The lowest BCUT2D eigenvalue weighted by Gasteiger charge is -2.11.